The van der Waals surface area contributed by atoms with Crippen molar-refractivity contribution in [2.75, 3.05) is 46.9 Å². The lowest BCUT2D eigenvalue weighted by Crippen LogP contribution is -3.00. The fraction of sp³-hybridized carbons (Fsp3) is 0.680. The Morgan fingerprint density at radius 2 is 1.11 bits per heavy atom. The van der Waals surface area contributed by atoms with E-state index in [9.17, 15) is 19.2 Å². The summed E-state index contributed by atoms with van der Waals surface area (Å²) < 4.78 is 20.6. The van der Waals surface area contributed by atoms with Crippen LogP contribution in [-0.4, -0.2) is 76.5 Å². The molecule has 0 N–H and O–H groups in total. The summed E-state index contributed by atoms with van der Waals surface area (Å²) >= 11 is 1.89. The molecule has 0 saturated carbocycles. The van der Waals surface area contributed by atoms with Crippen LogP contribution in [0.3, 0.4) is 0 Å². The van der Waals surface area contributed by atoms with Crippen molar-refractivity contribution in [3.05, 3.63) is 19.6 Å². The van der Waals surface area contributed by atoms with Crippen LogP contribution in [0.4, 0.5) is 0 Å². The van der Waals surface area contributed by atoms with Crippen LogP contribution in [-0.2, 0) is 38.1 Å². The Morgan fingerprint density at radius 3 is 1.41 bits per heavy atom. The van der Waals surface area contributed by atoms with Crippen molar-refractivity contribution >= 4 is 54.7 Å². The maximum Gasteiger partial charge on any atom is 0.351 e. The summed E-state index contributed by atoms with van der Waals surface area (Å²) in [5.74, 6) is -2.58. The van der Waals surface area contributed by atoms with Crippen molar-refractivity contribution in [1.29, 1.82) is 0 Å². The highest BCUT2D eigenvalue weighted by atomic mass is 35.5. The van der Waals surface area contributed by atoms with Gasteiger partial charge in [-0.2, -0.15) is 0 Å². The molecule has 212 valence electrons. The number of carbonyl (C=O) groups is 4. The van der Waals surface area contributed by atoms with E-state index in [1.807, 2.05) is 0 Å². The molecular weight excluding hydrogens is 559 g/mol. The van der Waals surface area contributed by atoms with Crippen LogP contribution in [0.2, 0.25) is 0 Å². The second-order valence-corrected chi connectivity index (χ2v) is 15.0. The Balaban J connectivity index is 0.0000130. The van der Waals surface area contributed by atoms with Gasteiger partial charge in [-0.25, -0.2) is 19.2 Å². The Kier molecular flexibility index (Phi) is 17.5. The molecule has 37 heavy (non-hydrogen) atoms. The van der Waals surface area contributed by atoms with E-state index >= 15 is 0 Å². The summed E-state index contributed by atoms with van der Waals surface area (Å²) in [6.07, 6.45) is 8.19. The fourth-order valence-corrected chi connectivity index (χ4v) is 12.5. The molecule has 0 radical (unpaired) electrons. The minimum Gasteiger partial charge on any atom is -1.00 e. The molecular formula is C25H40ClO8PS2. The summed E-state index contributed by atoms with van der Waals surface area (Å²) in [6, 6.07) is 0. The first-order valence-electron chi connectivity index (χ1n) is 12.2. The van der Waals surface area contributed by atoms with E-state index in [2.05, 4.69) is 20.8 Å². The molecule has 0 saturated heterocycles. The number of rotatable bonds is 15. The fourth-order valence-electron chi connectivity index (χ4n) is 4.15. The molecule has 0 aromatic rings. The van der Waals surface area contributed by atoms with Crippen molar-refractivity contribution in [2.45, 2.75) is 65.0 Å². The van der Waals surface area contributed by atoms with Crippen LogP contribution in [0.1, 0.15) is 59.3 Å². The third-order valence-electron chi connectivity index (χ3n) is 6.08. The number of esters is 4. The monoisotopic (exact) mass is 598 g/mol. The van der Waals surface area contributed by atoms with Gasteiger partial charge in [-0.15, -0.1) is 0 Å². The van der Waals surface area contributed by atoms with Gasteiger partial charge in [0, 0.05) is 7.26 Å². The average molecular weight is 599 g/mol. The van der Waals surface area contributed by atoms with Crippen molar-refractivity contribution in [3.63, 3.8) is 0 Å². The predicted molar refractivity (Wildman–Crippen MR) is 147 cm³/mol. The molecule has 1 aliphatic rings. The van der Waals surface area contributed by atoms with Gasteiger partial charge in [0.25, 0.3) is 0 Å². The number of ether oxygens (including phenoxy) is 4. The largest absolute Gasteiger partial charge is 1.00 e. The van der Waals surface area contributed by atoms with Gasteiger partial charge >= 0.3 is 23.9 Å². The third-order valence-corrected chi connectivity index (χ3v) is 13.9. The topological polar surface area (TPSA) is 105 Å². The molecule has 0 aromatic carbocycles. The van der Waals surface area contributed by atoms with Gasteiger partial charge in [0.05, 0.1) is 51.2 Å². The Bertz CT molecular complexity index is 823. The van der Waals surface area contributed by atoms with Crippen molar-refractivity contribution in [1.82, 2.24) is 0 Å². The first-order valence-corrected chi connectivity index (χ1v) is 16.3. The normalized spacial score (nSPS) is 14.0. The van der Waals surface area contributed by atoms with Gasteiger partial charge in [-0.3, -0.25) is 0 Å². The Hall–Kier alpha value is -1.22. The number of thioether (sulfide) groups is 2. The number of hydrogen-bond acceptors (Lipinski definition) is 10. The van der Waals surface area contributed by atoms with Crippen LogP contribution < -0.4 is 12.4 Å². The van der Waals surface area contributed by atoms with Crippen molar-refractivity contribution < 1.29 is 50.5 Å². The van der Waals surface area contributed by atoms with Gasteiger partial charge in [-0.05, 0) is 19.3 Å². The van der Waals surface area contributed by atoms with Crippen molar-refractivity contribution in [2.24, 2.45) is 0 Å². The van der Waals surface area contributed by atoms with Crippen LogP contribution in [0.25, 0.3) is 0 Å². The highest BCUT2D eigenvalue weighted by Crippen LogP contribution is 2.68. The molecule has 1 rings (SSSR count). The lowest BCUT2D eigenvalue weighted by Gasteiger charge is -2.34. The summed E-state index contributed by atoms with van der Waals surface area (Å²) in [5.41, 5.74) is -0.651. The molecule has 0 bridgehead atoms. The maximum absolute atomic E-state index is 13.6. The Morgan fingerprint density at radius 1 is 0.703 bits per heavy atom. The van der Waals surface area contributed by atoms with E-state index in [0.717, 1.165) is 80.5 Å². The molecule has 0 aromatic heterocycles. The summed E-state index contributed by atoms with van der Waals surface area (Å²) in [5, 5.41) is 0. The van der Waals surface area contributed by atoms with Gasteiger partial charge in [-0.1, -0.05) is 63.6 Å². The zero-order valence-electron chi connectivity index (χ0n) is 22.8. The zero-order chi connectivity index (χ0) is 27.3. The quantitative estimate of drug-likeness (QED) is 0.121. The number of hydrogen-bond donors (Lipinski definition) is 0. The van der Waals surface area contributed by atoms with Crippen LogP contribution in [0.15, 0.2) is 19.6 Å². The lowest BCUT2D eigenvalue weighted by molar-refractivity contribution is -0.142. The van der Waals surface area contributed by atoms with E-state index < -0.39 is 36.8 Å². The molecule has 0 spiro atoms. The molecule has 0 fully saturated rings. The smallest absolute Gasteiger partial charge is 0.351 e. The number of carbonyl (C=O) groups excluding carboxylic acids is 4. The molecule has 1 atom stereocenters. The van der Waals surface area contributed by atoms with Crippen molar-refractivity contribution in [3.8, 4) is 0 Å². The molecule has 1 aliphatic heterocycles. The van der Waals surface area contributed by atoms with Gasteiger partial charge in [0.1, 0.15) is 15.4 Å². The molecule has 0 amide bonds. The molecule has 12 heteroatoms. The highest BCUT2D eigenvalue weighted by Gasteiger charge is 2.55. The van der Waals surface area contributed by atoms with Crippen LogP contribution >= 0.6 is 30.8 Å². The van der Waals surface area contributed by atoms with E-state index in [-0.39, 0.29) is 27.8 Å². The summed E-state index contributed by atoms with van der Waals surface area (Å²) in [7, 11) is 2.91. The van der Waals surface area contributed by atoms with E-state index in [1.165, 1.54) is 28.4 Å². The highest BCUT2D eigenvalue weighted by molar-refractivity contribution is 8.29. The number of halogens is 1. The van der Waals surface area contributed by atoms with Crippen LogP contribution in [0, 0.1) is 0 Å². The summed E-state index contributed by atoms with van der Waals surface area (Å²) in [4.78, 5) is 52.0. The average Bonchev–Trinajstić information content (AvgIpc) is 3.34. The second-order valence-electron chi connectivity index (χ2n) is 8.41. The molecule has 0 aliphatic carbocycles. The minimum absolute atomic E-state index is 0. The van der Waals surface area contributed by atoms with E-state index in [1.54, 1.807) is 0 Å². The predicted octanol–water partition coefficient (Wildman–Crippen LogP) is 2.37. The van der Waals surface area contributed by atoms with E-state index in [4.69, 9.17) is 18.9 Å². The third kappa shape index (κ3) is 9.19. The molecule has 1 heterocycles. The number of unbranched alkanes of at least 4 members (excludes halogenated alkanes) is 3. The van der Waals surface area contributed by atoms with Gasteiger partial charge in [0.2, 0.25) is 0 Å². The molecule has 8 nitrogen and oxygen atoms in total. The maximum atomic E-state index is 13.6. The van der Waals surface area contributed by atoms with Crippen LogP contribution in [0.5, 0.6) is 0 Å². The first-order chi connectivity index (χ1) is 17.2. The van der Waals surface area contributed by atoms with E-state index in [0.29, 0.717) is 4.24 Å². The van der Waals surface area contributed by atoms with Gasteiger partial charge in [0.15, 0.2) is 5.66 Å². The minimum atomic E-state index is -2.12. The second kappa shape index (κ2) is 18.1. The molecule has 1 unspecified atom stereocenters. The first kappa shape index (κ1) is 35.8. The zero-order valence-corrected chi connectivity index (χ0v) is 26.1. The lowest BCUT2D eigenvalue weighted by atomic mass is 10.2. The number of methoxy groups -OCH3 is 4. The summed E-state index contributed by atoms with van der Waals surface area (Å²) in [6.45, 7) is 6.33. The standard InChI is InChI=1S/C25H40O8PS2.ClH/c1-8-11-14-34(15-12-9-2,16-13-10-3)18(22(27)31-5)17(21(26)30-4)25-35-19(23(28)32-6)20(36-25)24(29)33-7;/h18H,8-16H2,1-7H3;1H/q+1;/p-1. The van der Waals surface area contributed by atoms with Gasteiger partial charge < -0.3 is 31.4 Å². The SMILES string of the molecule is CCCC[P+](CCCC)(CCCC)C(C(=O)OC)C(C(=O)OC)=C1SC(C(=O)OC)=C(C(=O)OC)S1.[Cl-]. The Labute approximate surface area is 236 Å².